The Morgan fingerprint density at radius 1 is 1.25 bits per heavy atom. The lowest BCUT2D eigenvalue weighted by Crippen LogP contribution is -2.44. The normalized spacial score (nSPS) is 19.4. The molecule has 0 spiro atoms. The van der Waals surface area contributed by atoms with Gasteiger partial charge in [-0.3, -0.25) is 4.68 Å². The van der Waals surface area contributed by atoms with Gasteiger partial charge in [0.15, 0.2) is 0 Å². The van der Waals surface area contributed by atoms with Crippen molar-refractivity contribution in [1.29, 1.82) is 0 Å². The van der Waals surface area contributed by atoms with Gasteiger partial charge in [0.05, 0.1) is 10.2 Å². The van der Waals surface area contributed by atoms with Gasteiger partial charge in [-0.05, 0) is 35.8 Å². The molecule has 2 rings (SSSR count). The van der Waals surface area contributed by atoms with Crippen molar-refractivity contribution in [1.82, 2.24) is 19.6 Å². The number of aryl methyl sites for hydroxylation is 1. The Bertz CT molecular complexity index is 441. The van der Waals surface area contributed by atoms with Crippen LogP contribution in [-0.4, -0.2) is 64.5 Å². The summed E-state index contributed by atoms with van der Waals surface area (Å²) < 4.78 is 2.83. The molecular weight excluding hydrogens is 320 g/mol. The molecule has 1 aromatic heterocycles. The number of aromatic nitrogens is 2. The minimum Gasteiger partial charge on any atom is -0.387 e. The summed E-state index contributed by atoms with van der Waals surface area (Å²) >= 11 is 3.57. The van der Waals surface area contributed by atoms with Crippen molar-refractivity contribution in [2.24, 2.45) is 7.05 Å². The highest BCUT2D eigenvalue weighted by Gasteiger charge is 2.21. The summed E-state index contributed by atoms with van der Waals surface area (Å²) in [6.45, 7) is 7.44. The van der Waals surface area contributed by atoms with Gasteiger partial charge in [0.1, 0.15) is 11.8 Å². The van der Waals surface area contributed by atoms with Crippen LogP contribution < -0.4 is 0 Å². The van der Waals surface area contributed by atoms with Gasteiger partial charge in [-0.15, -0.1) is 0 Å². The monoisotopic (exact) mass is 344 g/mol. The first kappa shape index (κ1) is 15.9. The highest BCUT2D eigenvalue weighted by Crippen LogP contribution is 2.28. The van der Waals surface area contributed by atoms with E-state index >= 15 is 0 Å². The molecule has 0 bridgehead atoms. The maximum Gasteiger partial charge on any atom is 0.105 e. The summed E-state index contributed by atoms with van der Waals surface area (Å²) in [5, 5.41) is 14.8. The highest BCUT2D eigenvalue weighted by atomic mass is 79.9. The highest BCUT2D eigenvalue weighted by molar-refractivity contribution is 9.10. The first-order chi connectivity index (χ1) is 9.52. The number of rotatable bonds is 5. The molecule has 20 heavy (non-hydrogen) atoms. The van der Waals surface area contributed by atoms with Gasteiger partial charge < -0.3 is 14.9 Å². The van der Waals surface area contributed by atoms with E-state index in [0.717, 1.165) is 61.4 Å². The van der Waals surface area contributed by atoms with Crippen LogP contribution in [0.3, 0.4) is 0 Å². The summed E-state index contributed by atoms with van der Waals surface area (Å²) in [7, 11) is 4.09. The van der Waals surface area contributed by atoms with Crippen LogP contribution in [0.5, 0.6) is 0 Å². The van der Waals surface area contributed by atoms with Crippen molar-refractivity contribution in [3.05, 3.63) is 15.9 Å². The standard InChI is InChI=1S/C14H25BrN4O/c1-4-11-13(15)14(16-18(11)3)12(20)5-6-19-9-7-17(2)8-10-19/h12,20H,4-10H2,1-3H3. The predicted octanol–water partition coefficient (Wildman–Crippen LogP) is 1.42. The van der Waals surface area contributed by atoms with Crippen molar-refractivity contribution < 1.29 is 5.11 Å². The molecule has 0 saturated carbocycles. The number of likely N-dealkylation sites (N-methyl/N-ethyl adjacent to an activating group) is 1. The molecule has 0 aliphatic carbocycles. The van der Waals surface area contributed by atoms with Crippen molar-refractivity contribution in [3.8, 4) is 0 Å². The van der Waals surface area contributed by atoms with Gasteiger partial charge in [0.2, 0.25) is 0 Å². The van der Waals surface area contributed by atoms with E-state index < -0.39 is 6.10 Å². The molecule has 1 fully saturated rings. The molecule has 2 heterocycles. The van der Waals surface area contributed by atoms with Crippen LogP contribution in [0.1, 0.15) is 30.8 Å². The fourth-order valence-corrected chi connectivity index (χ4v) is 3.55. The first-order valence-corrected chi connectivity index (χ1v) is 8.12. The molecule has 0 amide bonds. The van der Waals surface area contributed by atoms with Crippen LogP contribution >= 0.6 is 15.9 Å². The average molecular weight is 345 g/mol. The number of nitrogens with zero attached hydrogens (tertiary/aromatic N) is 4. The number of aliphatic hydroxyl groups is 1. The minimum atomic E-state index is -0.490. The number of hydrogen-bond donors (Lipinski definition) is 1. The second kappa shape index (κ2) is 7.02. The molecular formula is C14H25BrN4O. The van der Waals surface area contributed by atoms with Crippen LogP contribution in [0.25, 0.3) is 0 Å². The Hall–Kier alpha value is -0.430. The number of piperazine rings is 1. The van der Waals surface area contributed by atoms with E-state index in [1.54, 1.807) is 0 Å². The molecule has 5 nitrogen and oxygen atoms in total. The Labute approximate surface area is 129 Å². The van der Waals surface area contributed by atoms with Crippen LogP contribution in [0.4, 0.5) is 0 Å². The summed E-state index contributed by atoms with van der Waals surface area (Å²) in [4.78, 5) is 4.76. The van der Waals surface area contributed by atoms with E-state index in [1.165, 1.54) is 0 Å². The molecule has 1 atom stereocenters. The summed E-state index contributed by atoms with van der Waals surface area (Å²) in [5.74, 6) is 0. The largest absolute Gasteiger partial charge is 0.387 e. The smallest absolute Gasteiger partial charge is 0.105 e. The topological polar surface area (TPSA) is 44.5 Å². The van der Waals surface area contributed by atoms with Gasteiger partial charge in [-0.25, -0.2) is 0 Å². The van der Waals surface area contributed by atoms with Gasteiger partial charge in [-0.2, -0.15) is 5.10 Å². The minimum absolute atomic E-state index is 0.490. The summed E-state index contributed by atoms with van der Waals surface area (Å²) in [5.41, 5.74) is 1.91. The maximum atomic E-state index is 10.4. The summed E-state index contributed by atoms with van der Waals surface area (Å²) in [6.07, 6.45) is 1.16. The van der Waals surface area contributed by atoms with E-state index in [9.17, 15) is 5.11 Å². The lowest BCUT2D eigenvalue weighted by molar-refractivity contribution is 0.110. The molecule has 1 aliphatic heterocycles. The Morgan fingerprint density at radius 2 is 1.90 bits per heavy atom. The maximum absolute atomic E-state index is 10.4. The Kier molecular flexibility index (Phi) is 5.60. The van der Waals surface area contributed by atoms with Crippen LogP contribution in [0, 0.1) is 0 Å². The zero-order valence-electron chi connectivity index (χ0n) is 12.6. The van der Waals surface area contributed by atoms with Crippen LogP contribution in [-0.2, 0) is 13.5 Å². The van der Waals surface area contributed by atoms with Crippen molar-refractivity contribution >= 4 is 15.9 Å². The molecule has 1 saturated heterocycles. The molecule has 1 N–H and O–H groups in total. The van der Waals surface area contributed by atoms with Crippen LogP contribution in [0.2, 0.25) is 0 Å². The zero-order chi connectivity index (χ0) is 14.7. The lowest BCUT2D eigenvalue weighted by atomic mass is 10.1. The van der Waals surface area contributed by atoms with Gasteiger partial charge >= 0.3 is 0 Å². The fraction of sp³-hybridized carbons (Fsp3) is 0.786. The van der Waals surface area contributed by atoms with Crippen molar-refractivity contribution in [3.63, 3.8) is 0 Å². The molecule has 1 aromatic rings. The predicted molar refractivity (Wildman–Crippen MR) is 83.8 cm³/mol. The van der Waals surface area contributed by atoms with E-state index in [2.05, 4.69) is 44.8 Å². The number of halogens is 1. The van der Waals surface area contributed by atoms with Gasteiger partial charge in [-0.1, -0.05) is 6.92 Å². The second-order valence-corrected chi connectivity index (χ2v) is 6.37. The summed E-state index contributed by atoms with van der Waals surface area (Å²) in [6, 6.07) is 0. The van der Waals surface area contributed by atoms with Crippen molar-refractivity contribution in [2.75, 3.05) is 39.8 Å². The van der Waals surface area contributed by atoms with E-state index in [0.29, 0.717) is 0 Å². The molecule has 1 unspecified atom stereocenters. The first-order valence-electron chi connectivity index (χ1n) is 7.33. The third-order valence-electron chi connectivity index (χ3n) is 4.09. The molecule has 0 radical (unpaired) electrons. The third-order valence-corrected chi connectivity index (χ3v) is 4.96. The molecule has 6 heteroatoms. The quantitative estimate of drug-likeness (QED) is 0.877. The Balaban J connectivity index is 1.90. The third kappa shape index (κ3) is 3.61. The average Bonchev–Trinajstić information content (AvgIpc) is 2.72. The molecule has 114 valence electrons. The molecule has 0 aromatic carbocycles. The number of aliphatic hydroxyl groups excluding tert-OH is 1. The SMILES string of the molecule is CCc1c(Br)c(C(O)CCN2CCN(C)CC2)nn1C. The van der Waals surface area contributed by atoms with Crippen LogP contribution in [0.15, 0.2) is 4.47 Å². The van der Waals surface area contributed by atoms with Crippen molar-refractivity contribution in [2.45, 2.75) is 25.9 Å². The number of hydrogen-bond acceptors (Lipinski definition) is 4. The van der Waals surface area contributed by atoms with E-state index in [4.69, 9.17) is 0 Å². The van der Waals surface area contributed by atoms with Gasteiger partial charge in [0.25, 0.3) is 0 Å². The second-order valence-electron chi connectivity index (χ2n) is 5.57. The Morgan fingerprint density at radius 3 is 2.45 bits per heavy atom. The lowest BCUT2D eigenvalue weighted by Gasteiger charge is -2.32. The van der Waals surface area contributed by atoms with Gasteiger partial charge in [0, 0.05) is 39.8 Å². The zero-order valence-corrected chi connectivity index (χ0v) is 14.2. The molecule has 1 aliphatic rings. The fourth-order valence-electron chi connectivity index (χ4n) is 2.67. The van der Waals surface area contributed by atoms with E-state index in [-0.39, 0.29) is 0 Å². The van der Waals surface area contributed by atoms with E-state index in [1.807, 2.05) is 11.7 Å².